The van der Waals surface area contributed by atoms with Gasteiger partial charge in [-0.05, 0) is 69.4 Å². The fourth-order valence-electron chi connectivity index (χ4n) is 5.38. The van der Waals surface area contributed by atoms with Crippen LogP contribution >= 0.6 is 11.3 Å². The summed E-state index contributed by atoms with van der Waals surface area (Å²) in [7, 11) is 0. The van der Waals surface area contributed by atoms with E-state index in [-0.39, 0.29) is 6.04 Å². The van der Waals surface area contributed by atoms with E-state index in [1.165, 1.54) is 42.1 Å². The third kappa shape index (κ3) is 4.03. The van der Waals surface area contributed by atoms with Crippen molar-refractivity contribution in [2.24, 2.45) is 5.73 Å². The Morgan fingerprint density at radius 2 is 1.34 bits per heavy atom. The van der Waals surface area contributed by atoms with Crippen LogP contribution in [0, 0.1) is 0 Å². The number of nitrogens with one attached hydrogen (secondary N) is 1. The highest BCUT2D eigenvalue weighted by Gasteiger charge is 2.14. The molecule has 0 saturated heterocycles. The second-order valence-electron chi connectivity index (χ2n) is 9.65. The van der Waals surface area contributed by atoms with E-state index in [0.717, 1.165) is 22.5 Å². The van der Waals surface area contributed by atoms with E-state index >= 15 is 0 Å². The van der Waals surface area contributed by atoms with Gasteiger partial charge in [-0.1, -0.05) is 97.1 Å². The molecule has 6 aromatic carbocycles. The second-order valence-corrected chi connectivity index (χ2v) is 10.7. The van der Waals surface area contributed by atoms with Gasteiger partial charge in [-0.15, -0.1) is 11.3 Å². The molecule has 1 unspecified atom stereocenters. The monoisotopic (exact) mass is 506 g/mol. The Balaban J connectivity index is 1.27. The lowest BCUT2D eigenvalue weighted by Gasteiger charge is -2.18. The number of hydrogen-bond donors (Lipinski definition) is 2. The van der Waals surface area contributed by atoms with Crippen molar-refractivity contribution in [2.45, 2.75) is 6.04 Å². The van der Waals surface area contributed by atoms with E-state index in [9.17, 15) is 0 Å². The Labute approximate surface area is 226 Å². The van der Waals surface area contributed by atoms with Gasteiger partial charge < -0.3 is 11.1 Å². The van der Waals surface area contributed by atoms with Crippen molar-refractivity contribution in [2.75, 3.05) is 5.32 Å². The van der Waals surface area contributed by atoms with E-state index < -0.39 is 0 Å². The van der Waals surface area contributed by atoms with Crippen LogP contribution in [0.15, 0.2) is 133 Å². The molecule has 3 N–H and O–H groups in total. The van der Waals surface area contributed by atoms with Crippen molar-refractivity contribution in [1.82, 2.24) is 0 Å². The van der Waals surface area contributed by atoms with Gasteiger partial charge in [0.25, 0.3) is 0 Å². The largest absolute Gasteiger partial charge is 0.355 e. The zero-order valence-corrected chi connectivity index (χ0v) is 21.6. The van der Waals surface area contributed by atoms with Crippen LogP contribution in [-0.4, -0.2) is 0 Å². The number of hydrogen-bond acceptors (Lipinski definition) is 3. The van der Waals surface area contributed by atoms with E-state index in [1.54, 1.807) is 0 Å². The summed E-state index contributed by atoms with van der Waals surface area (Å²) in [4.78, 5) is 0. The number of thiophene rings is 1. The molecule has 0 bridgehead atoms. The molecule has 182 valence electrons. The fraction of sp³-hybridized carbons (Fsp3) is 0.0286. The first-order chi connectivity index (χ1) is 18.7. The van der Waals surface area contributed by atoms with Crippen molar-refractivity contribution in [3.05, 3.63) is 145 Å². The lowest BCUT2D eigenvalue weighted by molar-refractivity contribution is 0.874. The van der Waals surface area contributed by atoms with Crippen LogP contribution < -0.4 is 11.1 Å². The first kappa shape index (κ1) is 22.7. The van der Waals surface area contributed by atoms with E-state index in [4.69, 9.17) is 5.73 Å². The molecule has 0 aliphatic rings. The lowest BCUT2D eigenvalue weighted by Crippen LogP contribution is -2.13. The number of nitrogens with two attached hydrogens (primary N) is 1. The summed E-state index contributed by atoms with van der Waals surface area (Å²) in [5.41, 5.74) is 13.3. The molecular formula is C35H26N2S. The van der Waals surface area contributed by atoms with Gasteiger partial charge in [0.2, 0.25) is 0 Å². The molecule has 0 fully saturated rings. The van der Waals surface area contributed by atoms with E-state index in [1.807, 2.05) is 41.7 Å². The van der Waals surface area contributed by atoms with Crippen LogP contribution in [-0.2, 0) is 0 Å². The summed E-state index contributed by atoms with van der Waals surface area (Å²) in [5, 5.41) is 8.90. The van der Waals surface area contributed by atoms with Crippen LogP contribution in [0.5, 0.6) is 0 Å². The van der Waals surface area contributed by atoms with Crippen molar-refractivity contribution >= 4 is 53.7 Å². The lowest BCUT2D eigenvalue weighted by atomic mass is 9.97. The number of rotatable bonds is 5. The van der Waals surface area contributed by atoms with Gasteiger partial charge >= 0.3 is 0 Å². The first-order valence-electron chi connectivity index (χ1n) is 12.9. The molecule has 0 amide bonds. The van der Waals surface area contributed by atoms with Crippen molar-refractivity contribution in [3.63, 3.8) is 0 Å². The van der Waals surface area contributed by atoms with Crippen molar-refractivity contribution in [1.29, 1.82) is 0 Å². The zero-order chi connectivity index (χ0) is 25.5. The Bertz CT molecular complexity index is 1920. The molecule has 1 atom stereocenters. The molecule has 1 aromatic heterocycles. The molecule has 0 saturated carbocycles. The van der Waals surface area contributed by atoms with Crippen LogP contribution in [0.25, 0.3) is 42.1 Å². The van der Waals surface area contributed by atoms with Crippen molar-refractivity contribution < 1.29 is 0 Å². The number of fused-ring (bicyclic) bond motifs is 5. The summed E-state index contributed by atoms with van der Waals surface area (Å²) in [5.74, 6) is 0. The average molecular weight is 507 g/mol. The Morgan fingerprint density at radius 3 is 2.26 bits per heavy atom. The predicted molar refractivity (Wildman–Crippen MR) is 164 cm³/mol. The fourth-order valence-corrected chi connectivity index (χ4v) is 6.48. The Kier molecular flexibility index (Phi) is 5.66. The standard InChI is InChI=1S/C35H26N2S/c36-35(24-10-2-1-3-11-24)29-15-6-7-16-31(29)37-27-13-8-12-25(21-27)26-18-19-32-30(22-26)34-28-14-5-4-9-23(28)17-20-33(34)38-32/h1-22,35,37H,36H2. The normalized spacial score (nSPS) is 12.2. The maximum absolute atomic E-state index is 6.68. The first-order valence-corrected chi connectivity index (χ1v) is 13.7. The zero-order valence-electron chi connectivity index (χ0n) is 20.8. The van der Waals surface area contributed by atoms with E-state index in [0.29, 0.717) is 0 Å². The highest BCUT2D eigenvalue weighted by atomic mass is 32.1. The molecular weight excluding hydrogens is 480 g/mol. The topological polar surface area (TPSA) is 38.0 Å². The second kappa shape index (κ2) is 9.46. The summed E-state index contributed by atoms with van der Waals surface area (Å²) < 4.78 is 2.65. The van der Waals surface area contributed by atoms with E-state index in [2.05, 4.69) is 108 Å². The van der Waals surface area contributed by atoms with Crippen molar-refractivity contribution in [3.8, 4) is 11.1 Å². The minimum Gasteiger partial charge on any atom is -0.355 e. The molecule has 0 radical (unpaired) electrons. The maximum Gasteiger partial charge on any atom is 0.0572 e. The minimum atomic E-state index is -0.202. The molecule has 0 aliphatic heterocycles. The maximum atomic E-state index is 6.68. The van der Waals surface area contributed by atoms with Gasteiger partial charge in [0.15, 0.2) is 0 Å². The summed E-state index contributed by atoms with van der Waals surface area (Å²) in [6, 6.07) is 47.0. The SMILES string of the molecule is NC(c1ccccc1)c1ccccc1Nc1cccc(-c2ccc3sc4ccc5ccccc5c4c3c2)c1. The van der Waals surface area contributed by atoms with Gasteiger partial charge in [-0.3, -0.25) is 0 Å². The van der Waals surface area contributed by atoms with Gasteiger partial charge in [0, 0.05) is 31.5 Å². The minimum absolute atomic E-state index is 0.202. The van der Waals surface area contributed by atoms with Crippen LogP contribution in [0.1, 0.15) is 17.2 Å². The third-order valence-corrected chi connectivity index (χ3v) is 8.43. The highest BCUT2D eigenvalue weighted by molar-refractivity contribution is 7.26. The quantitative estimate of drug-likeness (QED) is 0.244. The van der Waals surface area contributed by atoms with Gasteiger partial charge in [0.1, 0.15) is 0 Å². The summed E-state index contributed by atoms with van der Waals surface area (Å²) >= 11 is 1.86. The Hall–Kier alpha value is -4.44. The number of para-hydroxylation sites is 1. The molecule has 2 nitrogen and oxygen atoms in total. The third-order valence-electron chi connectivity index (χ3n) is 7.29. The number of benzene rings is 6. The smallest absolute Gasteiger partial charge is 0.0572 e. The molecule has 38 heavy (non-hydrogen) atoms. The van der Waals surface area contributed by atoms with Gasteiger partial charge in [0.05, 0.1) is 6.04 Å². The van der Waals surface area contributed by atoms with Gasteiger partial charge in [-0.2, -0.15) is 0 Å². The molecule has 0 spiro atoms. The molecule has 3 heteroatoms. The van der Waals surface area contributed by atoms with Crippen LogP contribution in [0.2, 0.25) is 0 Å². The Morgan fingerprint density at radius 1 is 0.579 bits per heavy atom. The van der Waals surface area contributed by atoms with Gasteiger partial charge in [-0.25, -0.2) is 0 Å². The van der Waals surface area contributed by atoms with Crippen LogP contribution in [0.3, 0.4) is 0 Å². The predicted octanol–water partition coefficient (Wildman–Crippen LogP) is 9.67. The summed E-state index contributed by atoms with van der Waals surface area (Å²) in [6.45, 7) is 0. The highest BCUT2D eigenvalue weighted by Crippen LogP contribution is 2.40. The average Bonchev–Trinajstić information content (AvgIpc) is 3.36. The number of anilines is 2. The van der Waals surface area contributed by atoms with Crippen LogP contribution in [0.4, 0.5) is 11.4 Å². The molecule has 7 aromatic rings. The molecule has 1 heterocycles. The molecule has 0 aliphatic carbocycles. The molecule has 7 rings (SSSR count). The summed E-state index contributed by atoms with van der Waals surface area (Å²) in [6.07, 6.45) is 0.